The van der Waals surface area contributed by atoms with E-state index < -0.39 is 8.32 Å². The summed E-state index contributed by atoms with van der Waals surface area (Å²) >= 11 is 0. The van der Waals surface area contributed by atoms with Crippen molar-refractivity contribution in [2.75, 3.05) is 6.61 Å². The fourth-order valence-corrected chi connectivity index (χ4v) is 4.81. The topological polar surface area (TPSA) is 38.8 Å². The molecule has 1 unspecified atom stereocenters. The highest BCUT2D eigenvalue weighted by molar-refractivity contribution is 6.74. The van der Waals surface area contributed by atoms with Crippen LogP contribution in [0, 0.1) is 5.41 Å². The molecule has 192 valence electrons. The Morgan fingerprint density at radius 1 is 0.943 bits per heavy atom. The van der Waals surface area contributed by atoms with Gasteiger partial charge in [0.1, 0.15) is 0 Å². The van der Waals surface area contributed by atoms with Crippen molar-refractivity contribution in [3.05, 3.63) is 83.9 Å². The fraction of sp³-hybridized carbons (Fsp3) is 0.500. The Hall–Kier alpha value is -2.37. The lowest BCUT2D eigenvalue weighted by atomic mass is 9.93. The van der Waals surface area contributed by atoms with E-state index in [4.69, 9.17) is 9.16 Å². The van der Waals surface area contributed by atoms with Gasteiger partial charge in [-0.1, -0.05) is 114 Å². The molecule has 0 saturated heterocycles. The minimum atomic E-state index is -2.18. The van der Waals surface area contributed by atoms with Crippen LogP contribution in [-0.4, -0.2) is 32.0 Å². The molecule has 0 fully saturated rings. The normalized spacial score (nSPS) is 14.5. The first kappa shape index (κ1) is 28.9. The quantitative estimate of drug-likeness (QED) is 0.259. The molecule has 4 nitrogen and oxygen atoms in total. The zero-order valence-corrected chi connectivity index (χ0v) is 24.2. The number of amides is 1. The van der Waals surface area contributed by atoms with Crippen LogP contribution in [0.2, 0.25) is 18.1 Å². The number of carbonyl (C=O) groups excluding carboxylic acids is 1. The highest BCUT2D eigenvalue weighted by atomic mass is 28.4. The molecule has 0 radical (unpaired) electrons. The second kappa shape index (κ2) is 12.0. The molecular weight excluding hydrogens is 450 g/mol. The predicted molar refractivity (Wildman–Crippen MR) is 149 cm³/mol. The third kappa shape index (κ3) is 8.66. The summed E-state index contributed by atoms with van der Waals surface area (Å²) in [5.41, 5.74) is 2.05. The van der Waals surface area contributed by atoms with Crippen LogP contribution in [0.25, 0.3) is 0 Å². The maximum absolute atomic E-state index is 13.5. The van der Waals surface area contributed by atoms with Gasteiger partial charge < -0.3 is 9.16 Å². The molecule has 2 aromatic rings. The SMILES string of the molecule is CCOC(=O)N(Cc1ccccc1)C(c1ccccc1)[C@@H](/C=C/C(C)(C)C)O[Si](C)(C)C(C)(C)C. The molecule has 0 saturated carbocycles. The van der Waals surface area contributed by atoms with Crippen molar-refractivity contribution < 1.29 is 14.0 Å². The Labute approximate surface area is 214 Å². The molecule has 0 N–H and O–H groups in total. The van der Waals surface area contributed by atoms with E-state index in [0.717, 1.165) is 11.1 Å². The molecule has 0 bridgehead atoms. The highest BCUT2D eigenvalue weighted by Gasteiger charge is 2.42. The van der Waals surface area contributed by atoms with E-state index in [1.807, 2.05) is 60.4 Å². The minimum Gasteiger partial charge on any atom is -0.450 e. The molecule has 0 aliphatic rings. The Kier molecular flexibility index (Phi) is 9.93. The van der Waals surface area contributed by atoms with Gasteiger partial charge in [0, 0.05) is 6.54 Å². The van der Waals surface area contributed by atoms with Gasteiger partial charge in [-0.3, -0.25) is 4.90 Å². The summed E-state index contributed by atoms with van der Waals surface area (Å²) in [7, 11) is -2.18. The van der Waals surface area contributed by atoms with Gasteiger partial charge in [-0.2, -0.15) is 0 Å². The van der Waals surface area contributed by atoms with E-state index in [1.165, 1.54) is 0 Å². The first-order valence-electron chi connectivity index (χ1n) is 12.6. The second-order valence-electron chi connectivity index (χ2n) is 11.7. The Morgan fingerprint density at radius 2 is 1.49 bits per heavy atom. The maximum Gasteiger partial charge on any atom is 0.410 e. The van der Waals surface area contributed by atoms with Crippen LogP contribution in [0.4, 0.5) is 4.79 Å². The van der Waals surface area contributed by atoms with Crippen LogP contribution in [0.5, 0.6) is 0 Å². The molecule has 5 heteroatoms. The van der Waals surface area contributed by atoms with Crippen LogP contribution in [0.3, 0.4) is 0 Å². The maximum atomic E-state index is 13.5. The zero-order valence-electron chi connectivity index (χ0n) is 23.2. The largest absolute Gasteiger partial charge is 0.450 e. The van der Waals surface area contributed by atoms with Gasteiger partial charge in [-0.25, -0.2) is 4.79 Å². The summed E-state index contributed by atoms with van der Waals surface area (Å²) < 4.78 is 12.7. The lowest BCUT2D eigenvalue weighted by Gasteiger charge is -2.43. The van der Waals surface area contributed by atoms with E-state index in [2.05, 4.69) is 78.9 Å². The summed E-state index contributed by atoms with van der Waals surface area (Å²) in [4.78, 5) is 15.3. The highest BCUT2D eigenvalue weighted by Crippen LogP contribution is 2.41. The average molecular weight is 496 g/mol. The van der Waals surface area contributed by atoms with Gasteiger partial charge in [0.2, 0.25) is 0 Å². The van der Waals surface area contributed by atoms with Crippen molar-refractivity contribution in [3.63, 3.8) is 0 Å². The van der Waals surface area contributed by atoms with Crippen LogP contribution in [0.15, 0.2) is 72.8 Å². The summed E-state index contributed by atoms with van der Waals surface area (Å²) in [5, 5.41) is 0.0241. The van der Waals surface area contributed by atoms with Crippen molar-refractivity contribution in [1.29, 1.82) is 0 Å². The molecule has 2 atom stereocenters. The summed E-state index contributed by atoms with van der Waals surface area (Å²) in [6, 6.07) is 19.9. The summed E-state index contributed by atoms with van der Waals surface area (Å²) in [6.07, 6.45) is 3.70. The third-order valence-corrected chi connectivity index (χ3v) is 11.0. The monoisotopic (exact) mass is 495 g/mol. The van der Waals surface area contributed by atoms with Gasteiger partial charge >= 0.3 is 6.09 Å². The van der Waals surface area contributed by atoms with Crippen molar-refractivity contribution in [1.82, 2.24) is 4.90 Å². The van der Waals surface area contributed by atoms with Crippen molar-refractivity contribution >= 4 is 14.4 Å². The molecular formula is C30H45NO3Si. The number of hydrogen-bond acceptors (Lipinski definition) is 3. The van der Waals surface area contributed by atoms with Gasteiger partial charge in [0.25, 0.3) is 0 Å². The van der Waals surface area contributed by atoms with Crippen LogP contribution in [0.1, 0.15) is 65.6 Å². The van der Waals surface area contributed by atoms with E-state index >= 15 is 0 Å². The number of nitrogens with zero attached hydrogens (tertiary/aromatic N) is 1. The first-order valence-corrected chi connectivity index (χ1v) is 15.6. The fourth-order valence-electron chi connectivity index (χ4n) is 3.57. The Morgan fingerprint density at radius 3 is 1.97 bits per heavy atom. The molecule has 0 aliphatic heterocycles. The molecule has 0 aliphatic carbocycles. The lowest BCUT2D eigenvalue weighted by molar-refractivity contribution is 0.0511. The van der Waals surface area contributed by atoms with Crippen LogP contribution < -0.4 is 0 Å². The number of benzene rings is 2. The second-order valence-corrected chi connectivity index (χ2v) is 16.5. The van der Waals surface area contributed by atoms with Crippen LogP contribution >= 0.6 is 0 Å². The van der Waals surface area contributed by atoms with Gasteiger partial charge in [0.05, 0.1) is 18.8 Å². The Balaban J connectivity index is 2.69. The van der Waals surface area contributed by atoms with E-state index in [-0.39, 0.29) is 28.7 Å². The predicted octanol–water partition coefficient (Wildman–Crippen LogP) is 8.38. The first-order chi connectivity index (χ1) is 16.2. The summed E-state index contributed by atoms with van der Waals surface area (Å²) in [5.74, 6) is 0. The standard InChI is InChI=1S/C30H45NO3Si/c1-10-33-28(32)31(23-24-17-13-11-14-18-24)27(25-19-15-12-16-20-25)26(21-22-29(2,3)4)34-35(8,9)30(5,6)7/h11-22,26-27H,10,23H2,1-9H3/b22-21+/t26-,27?/m1/s1. The Bertz CT molecular complexity index is 943. The molecule has 0 spiro atoms. The van der Waals surface area contributed by atoms with Gasteiger partial charge in [-0.05, 0) is 41.6 Å². The lowest BCUT2D eigenvalue weighted by Crippen LogP contribution is -2.49. The number of rotatable bonds is 9. The summed E-state index contributed by atoms with van der Waals surface area (Å²) in [6.45, 7) is 20.4. The minimum absolute atomic E-state index is 0.0233. The molecule has 1 amide bonds. The van der Waals surface area contributed by atoms with E-state index in [0.29, 0.717) is 13.2 Å². The zero-order chi connectivity index (χ0) is 26.3. The smallest absolute Gasteiger partial charge is 0.410 e. The van der Waals surface area contributed by atoms with Crippen LogP contribution in [-0.2, 0) is 15.7 Å². The van der Waals surface area contributed by atoms with Gasteiger partial charge in [-0.15, -0.1) is 0 Å². The van der Waals surface area contributed by atoms with E-state index in [1.54, 1.807) is 0 Å². The number of carbonyl (C=O) groups is 1. The van der Waals surface area contributed by atoms with Crippen molar-refractivity contribution in [2.24, 2.45) is 5.41 Å². The average Bonchev–Trinajstić information content (AvgIpc) is 2.77. The number of allylic oxidation sites excluding steroid dienone is 1. The molecule has 2 aromatic carbocycles. The molecule has 2 rings (SSSR count). The molecule has 35 heavy (non-hydrogen) atoms. The van der Waals surface area contributed by atoms with E-state index in [9.17, 15) is 4.79 Å². The number of ether oxygens (including phenoxy) is 1. The van der Waals surface area contributed by atoms with Crippen molar-refractivity contribution in [3.8, 4) is 0 Å². The third-order valence-electron chi connectivity index (χ3n) is 6.51. The van der Waals surface area contributed by atoms with Gasteiger partial charge in [0.15, 0.2) is 8.32 Å². The molecule has 0 heterocycles. The van der Waals surface area contributed by atoms with Crippen molar-refractivity contribution in [2.45, 2.75) is 85.3 Å². The molecule has 0 aromatic heterocycles. The number of hydrogen-bond donors (Lipinski definition) is 0.